The lowest BCUT2D eigenvalue weighted by Gasteiger charge is -2.34. The predicted octanol–water partition coefficient (Wildman–Crippen LogP) is 3.72. The number of benzene rings is 1. The molecule has 0 atom stereocenters. The number of aromatic nitrogens is 1. The van der Waals surface area contributed by atoms with Crippen molar-refractivity contribution in [3.8, 4) is 5.75 Å². The Kier molecular flexibility index (Phi) is 9.93. The van der Waals surface area contributed by atoms with Gasteiger partial charge in [-0.25, -0.2) is 9.59 Å². The fourth-order valence-corrected chi connectivity index (χ4v) is 4.95. The van der Waals surface area contributed by atoms with Gasteiger partial charge in [0.05, 0.1) is 18.2 Å². The Balaban J connectivity index is 0.000000392. The maximum Gasteiger partial charge on any atom is 0.328 e. The molecule has 4 rings (SSSR count). The minimum atomic E-state index is -1.26. The molecule has 0 radical (unpaired) electrons. The van der Waals surface area contributed by atoms with E-state index in [0.29, 0.717) is 18.1 Å². The van der Waals surface area contributed by atoms with Crippen LogP contribution in [0.4, 0.5) is 0 Å². The molecule has 1 saturated heterocycles. The van der Waals surface area contributed by atoms with E-state index in [9.17, 15) is 14.4 Å². The Bertz CT molecular complexity index is 1060. The monoisotopic (exact) mass is 499 g/mol. The summed E-state index contributed by atoms with van der Waals surface area (Å²) in [7, 11) is 1.70. The Morgan fingerprint density at radius 3 is 2.19 bits per heavy atom. The number of amides is 1. The maximum atomic E-state index is 13.3. The summed E-state index contributed by atoms with van der Waals surface area (Å²) in [6.45, 7) is 7.82. The highest BCUT2D eigenvalue weighted by atomic mass is 16.5. The molecule has 1 aromatic heterocycles. The van der Waals surface area contributed by atoms with Crippen LogP contribution in [-0.4, -0.2) is 82.3 Å². The summed E-state index contributed by atoms with van der Waals surface area (Å²) in [4.78, 5) is 36.9. The molecule has 9 heteroatoms. The molecule has 2 fully saturated rings. The number of nitrogens with zero attached hydrogens (tertiary/aromatic N) is 3. The van der Waals surface area contributed by atoms with E-state index in [-0.39, 0.29) is 5.91 Å². The molecule has 2 aromatic rings. The fraction of sp³-hybridized carbons (Fsp3) is 0.519. The number of methoxy groups -OCH3 is 1. The average molecular weight is 500 g/mol. The molecular formula is C27H37N3O6. The first kappa shape index (κ1) is 27.3. The highest BCUT2D eigenvalue weighted by molar-refractivity contribution is 6.07. The van der Waals surface area contributed by atoms with Crippen molar-refractivity contribution in [3.05, 3.63) is 42.1 Å². The van der Waals surface area contributed by atoms with Crippen LogP contribution in [0.25, 0.3) is 10.9 Å². The van der Waals surface area contributed by atoms with Crippen LogP contribution in [0, 0.1) is 5.92 Å². The Labute approximate surface area is 211 Å². The van der Waals surface area contributed by atoms with E-state index in [0.717, 1.165) is 61.5 Å². The highest BCUT2D eigenvalue weighted by Crippen LogP contribution is 2.31. The van der Waals surface area contributed by atoms with Gasteiger partial charge in [-0.15, -0.1) is 0 Å². The van der Waals surface area contributed by atoms with Gasteiger partial charge >= 0.3 is 11.9 Å². The topological polar surface area (TPSA) is 112 Å². The van der Waals surface area contributed by atoms with Crippen molar-refractivity contribution < 1.29 is 29.3 Å². The molecule has 0 unspecified atom stereocenters. The largest absolute Gasteiger partial charge is 0.497 e. The number of hydrogen-bond acceptors (Lipinski definition) is 5. The number of aliphatic carboxylic acids is 2. The summed E-state index contributed by atoms with van der Waals surface area (Å²) in [5.74, 6) is -0.772. The molecule has 1 saturated carbocycles. The maximum absolute atomic E-state index is 13.3. The van der Waals surface area contributed by atoms with Crippen LogP contribution in [0.2, 0.25) is 0 Å². The first-order chi connectivity index (χ1) is 17.3. The number of hydrogen-bond donors (Lipinski definition) is 2. The lowest BCUT2D eigenvalue weighted by molar-refractivity contribution is -0.134. The molecule has 196 valence electrons. The summed E-state index contributed by atoms with van der Waals surface area (Å²) >= 11 is 0. The van der Waals surface area contributed by atoms with Crippen LogP contribution < -0.4 is 4.74 Å². The lowest BCUT2D eigenvalue weighted by Crippen LogP contribution is -2.48. The van der Waals surface area contributed by atoms with Crippen LogP contribution in [0.15, 0.2) is 36.5 Å². The average Bonchev–Trinajstić information content (AvgIpc) is 3.25. The number of fused-ring (bicyclic) bond motifs is 1. The SMILES string of the molecule is CCN1CCN(C(=O)c2cn(CC3CCCCC3)c3cc(OC)ccc23)CC1.O=C(O)C=CC(=O)O. The van der Waals surface area contributed by atoms with Gasteiger partial charge in [-0.1, -0.05) is 26.2 Å². The fourth-order valence-electron chi connectivity index (χ4n) is 4.95. The van der Waals surface area contributed by atoms with Crippen molar-refractivity contribution in [1.82, 2.24) is 14.4 Å². The second-order valence-corrected chi connectivity index (χ2v) is 9.32. The Hall–Kier alpha value is -3.33. The zero-order chi connectivity index (χ0) is 26.1. The standard InChI is InChI=1S/C23H33N3O2.C4H4O4/c1-3-24-11-13-25(14-12-24)23(27)21-17-26(16-18-7-5-4-6-8-18)22-15-19(28-2)9-10-20(21)22;5-3(6)1-2-4(7)8/h9-10,15,17-18H,3-8,11-14,16H2,1-2H3;1-2H,(H,5,6)(H,7,8). The second kappa shape index (κ2) is 13.1. The van der Waals surface area contributed by atoms with E-state index in [1.807, 2.05) is 11.0 Å². The van der Waals surface area contributed by atoms with E-state index >= 15 is 0 Å². The Morgan fingerprint density at radius 2 is 1.64 bits per heavy atom. The first-order valence-corrected chi connectivity index (χ1v) is 12.6. The zero-order valence-electron chi connectivity index (χ0n) is 21.2. The van der Waals surface area contributed by atoms with Crippen LogP contribution in [-0.2, 0) is 16.1 Å². The molecule has 1 aliphatic heterocycles. The van der Waals surface area contributed by atoms with Gasteiger partial charge in [0.2, 0.25) is 0 Å². The van der Waals surface area contributed by atoms with Gasteiger partial charge in [0, 0.05) is 62.5 Å². The van der Waals surface area contributed by atoms with Crippen molar-refractivity contribution in [3.63, 3.8) is 0 Å². The van der Waals surface area contributed by atoms with Gasteiger partial charge in [-0.2, -0.15) is 0 Å². The summed E-state index contributed by atoms with van der Waals surface area (Å²) in [5.41, 5.74) is 1.97. The zero-order valence-corrected chi connectivity index (χ0v) is 21.2. The van der Waals surface area contributed by atoms with Crippen molar-refractivity contribution in [1.29, 1.82) is 0 Å². The van der Waals surface area contributed by atoms with E-state index in [1.165, 1.54) is 32.1 Å². The number of carbonyl (C=O) groups excluding carboxylic acids is 1. The summed E-state index contributed by atoms with van der Waals surface area (Å²) in [5, 5.41) is 16.7. The molecule has 2 N–H and O–H groups in total. The first-order valence-electron chi connectivity index (χ1n) is 12.6. The van der Waals surface area contributed by atoms with Gasteiger partial charge in [0.25, 0.3) is 5.91 Å². The van der Waals surface area contributed by atoms with Crippen molar-refractivity contribution >= 4 is 28.7 Å². The molecule has 1 aliphatic carbocycles. The number of carboxylic acid groups (broad SMARTS) is 2. The van der Waals surface area contributed by atoms with Crippen molar-refractivity contribution in [2.45, 2.75) is 45.6 Å². The molecule has 36 heavy (non-hydrogen) atoms. The molecule has 1 aromatic carbocycles. The molecular weight excluding hydrogens is 462 g/mol. The minimum Gasteiger partial charge on any atom is -0.497 e. The normalized spacial score (nSPS) is 17.1. The van der Waals surface area contributed by atoms with Crippen LogP contribution in [0.5, 0.6) is 5.75 Å². The van der Waals surface area contributed by atoms with Crippen molar-refractivity contribution in [2.75, 3.05) is 39.8 Å². The van der Waals surface area contributed by atoms with E-state index in [4.69, 9.17) is 14.9 Å². The quantitative estimate of drug-likeness (QED) is 0.559. The van der Waals surface area contributed by atoms with Gasteiger partial charge in [0.15, 0.2) is 0 Å². The number of carboxylic acids is 2. The van der Waals surface area contributed by atoms with Crippen LogP contribution in [0.3, 0.4) is 0 Å². The molecule has 0 spiro atoms. The van der Waals surface area contributed by atoms with Crippen LogP contribution in [0.1, 0.15) is 49.4 Å². The minimum absolute atomic E-state index is 0.174. The van der Waals surface area contributed by atoms with E-state index < -0.39 is 11.9 Å². The van der Waals surface area contributed by atoms with Gasteiger partial charge in [0.1, 0.15) is 5.75 Å². The number of piperazine rings is 1. The molecule has 1 amide bonds. The third-order valence-corrected chi connectivity index (χ3v) is 6.97. The van der Waals surface area contributed by atoms with Crippen molar-refractivity contribution in [2.24, 2.45) is 5.92 Å². The summed E-state index contributed by atoms with van der Waals surface area (Å²) in [6.07, 6.45) is 9.85. The molecule has 0 bridgehead atoms. The molecule has 2 aliphatic rings. The van der Waals surface area contributed by atoms with Gasteiger partial charge < -0.3 is 29.3 Å². The number of carbonyl (C=O) groups is 3. The molecule has 2 heterocycles. The third-order valence-electron chi connectivity index (χ3n) is 6.97. The Morgan fingerprint density at radius 1 is 1.00 bits per heavy atom. The van der Waals surface area contributed by atoms with E-state index in [2.05, 4.69) is 34.7 Å². The number of rotatable bonds is 7. The van der Waals surface area contributed by atoms with Crippen LogP contribution >= 0.6 is 0 Å². The summed E-state index contributed by atoms with van der Waals surface area (Å²) < 4.78 is 7.77. The highest BCUT2D eigenvalue weighted by Gasteiger charge is 2.25. The number of ether oxygens (including phenoxy) is 1. The smallest absolute Gasteiger partial charge is 0.328 e. The van der Waals surface area contributed by atoms with Gasteiger partial charge in [-0.3, -0.25) is 4.79 Å². The number of likely N-dealkylation sites (N-methyl/N-ethyl adjacent to an activating group) is 1. The molecule has 9 nitrogen and oxygen atoms in total. The third kappa shape index (κ3) is 7.34. The lowest BCUT2D eigenvalue weighted by atomic mass is 9.89. The second-order valence-electron chi connectivity index (χ2n) is 9.32. The van der Waals surface area contributed by atoms with Gasteiger partial charge in [-0.05, 0) is 37.4 Å². The predicted molar refractivity (Wildman–Crippen MR) is 137 cm³/mol. The summed E-state index contributed by atoms with van der Waals surface area (Å²) in [6, 6.07) is 6.12. The van der Waals surface area contributed by atoms with E-state index in [1.54, 1.807) is 7.11 Å².